The zero-order chi connectivity index (χ0) is 20.5. The third-order valence-corrected chi connectivity index (χ3v) is 6.84. The second-order valence-corrected chi connectivity index (χ2v) is 8.93. The van der Waals surface area contributed by atoms with Crippen molar-refractivity contribution in [3.63, 3.8) is 0 Å². The molecule has 0 unspecified atom stereocenters. The van der Waals surface area contributed by atoms with Crippen LogP contribution in [0.25, 0.3) is 0 Å². The van der Waals surface area contributed by atoms with Gasteiger partial charge in [-0.1, -0.05) is 32.6 Å². The van der Waals surface area contributed by atoms with Crippen LogP contribution in [0.4, 0.5) is 17.1 Å². The Morgan fingerprint density at radius 3 is 2.38 bits per heavy atom. The summed E-state index contributed by atoms with van der Waals surface area (Å²) in [6.45, 7) is 2.11. The Morgan fingerprint density at radius 1 is 1.00 bits per heavy atom. The van der Waals surface area contributed by atoms with Gasteiger partial charge < -0.3 is 5.32 Å². The number of amides is 2. The van der Waals surface area contributed by atoms with Crippen LogP contribution in [-0.4, -0.2) is 22.8 Å². The van der Waals surface area contributed by atoms with Crippen molar-refractivity contribution in [2.45, 2.75) is 70.8 Å². The number of anilines is 2. The number of nitrogens with zero attached hydrogens (tertiary/aromatic N) is 2. The molecule has 2 saturated carbocycles. The van der Waals surface area contributed by atoms with Gasteiger partial charge in [-0.2, -0.15) is 0 Å². The monoisotopic (exact) mass is 399 g/mol. The zero-order valence-corrected chi connectivity index (χ0v) is 16.9. The largest absolute Gasteiger partial charge is 0.377 e. The number of hydrogen-bond donors (Lipinski definition) is 1. The number of fused-ring (bicyclic) bond motifs is 1. The molecule has 0 bridgehead atoms. The summed E-state index contributed by atoms with van der Waals surface area (Å²) in [7, 11) is 0. The molecule has 7 heteroatoms. The predicted octanol–water partition coefficient (Wildman–Crippen LogP) is 4.66. The van der Waals surface area contributed by atoms with Crippen LogP contribution in [0.15, 0.2) is 18.2 Å². The van der Waals surface area contributed by atoms with Gasteiger partial charge in [0.25, 0.3) is 5.69 Å². The minimum Gasteiger partial charge on any atom is -0.377 e. The summed E-state index contributed by atoms with van der Waals surface area (Å²) >= 11 is 0. The van der Waals surface area contributed by atoms with Gasteiger partial charge in [-0.25, -0.2) is 4.90 Å². The molecule has 0 spiro atoms. The summed E-state index contributed by atoms with van der Waals surface area (Å²) in [6, 6.07) is 4.93. The number of carbonyl (C=O) groups is 2. The second-order valence-electron chi connectivity index (χ2n) is 8.93. The fourth-order valence-corrected chi connectivity index (χ4v) is 5.22. The molecule has 1 aromatic carbocycles. The van der Waals surface area contributed by atoms with Crippen LogP contribution in [-0.2, 0) is 9.59 Å². The third-order valence-electron chi connectivity index (χ3n) is 6.84. The van der Waals surface area contributed by atoms with Gasteiger partial charge >= 0.3 is 0 Å². The fourth-order valence-electron chi connectivity index (χ4n) is 5.22. The lowest BCUT2D eigenvalue weighted by Gasteiger charge is -2.25. The quantitative estimate of drug-likeness (QED) is 0.344. The highest BCUT2D eigenvalue weighted by molar-refractivity contribution is 6.22. The lowest BCUT2D eigenvalue weighted by molar-refractivity contribution is -0.383. The average molecular weight is 399 g/mol. The fraction of sp³-hybridized carbons (Fsp3) is 0.636. The van der Waals surface area contributed by atoms with E-state index in [0.717, 1.165) is 44.9 Å². The maximum absolute atomic E-state index is 12.9. The number of nitrogens with one attached hydrogen (secondary N) is 1. The SMILES string of the molecule is C[C@@H]1CC[C@H]2C(=O)N(c3ccc(NC4CCCCCC4)c([N+](=O)[O-])c3)C(=O)[C@@H]2C1. The molecule has 3 aliphatic rings. The molecular formula is C22H29N3O4. The predicted molar refractivity (Wildman–Crippen MR) is 111 cm³/mol. The van der Waals surface area contributed by atoms with Gasteiger partial charge in [-0.3, -0.25) is 19.7 Å². The van der Waals surface area contributed by atoms with E-state index in [9.17, 15) is 19.7 Å². The Hall–Kier alpha value is -2.44. The van der Waals surface area contributed by atoms with Gasteiger partial charge in [-0.05, 0) is 50.2 Å². The van der Waals surface area contributed by atoms with Crippen molar-refractivity contribution in [3.8, 4) is 0 Å². The maximum atomic E-state index is 12.9. The molecule has 156 valence electrons. The first-order chi connectivity index (χ1) is 14.0. The van der Waals surface area contributed by atoms with E-state index < -0.39 is 4.92 Å². The lowest BCUT2D eigenvalue weighted by Crippen LogP contribution is -2.31. The van der Waals surface area contributed by atoms with E-state index in [1.54, 1.807) is 12.1 Å². The first-order valence-corrected chi connectivity index (χ1v) is 10.9. The highest BCUT2D eigenvalue weighted by Crippen LogP contribution is 2.43. The van der Waals surface area contributed by atoms with Crippen LogP contribution in [0.3, 0.4) is 0 Å². The van der Waals surface area contributed by atoms with Crippen molar-refractivity contribution in [2.75, 3.05) is 10.2 Å². The molecule has 1 aromatic rings. The Morgan fingerprint density at radius 2 is 1.69 bits per heavy atom. The molecule has 0 aromatic heterocycles. The van der Waals surface area contributed by atoms with Crippen LogP contribution >= 0.6 is 0 Å². The molecule has 4 rings (SSSR count). The highest BCUT2D eigenvalue weighted by Gasteiger charge is 2.50. The van der Waals surface area contributed by atoms with E-state index in [-0.39, 0.29) is 35.4 Å². The number of imide groups is 1. The molecule has 1 N–H and O–H groups in total. The van der Waals surface area contributed by atoms with Crippen LogP contribution in [0.2, 0.25) is 0 Å². The van der Waals surface area contributed by atoms with Crippen molar-refractivity contribution in [2.24, 2.45) is 17.8 Å². The van der Waals surface area contributed by atoms with Gasteiger partial charge in [0.2, 0.25) is 11.8 Å². The number of rotatable bonds is 4. The van der Waals surface area contributed by atoms with E-state index in [1.165, 1.54) is 23.8 Å². The topological polar surface area (TPSA) is 92.6 Å². The van der Waals surface area contributed by atoms with E-state index in [2.05, 4.69) is 12.2 Å². The molecule has 3 fully saturated rings. The van der Waals surface area contributed by atoms with Crippen LogP contribution in [0.5, 0.6) is 0 Å². The van der Waals surface area contributed by atoms with Crippen molar-refractivity contribution in [1.29, 1.82) is 0 Å². The number of nitro groups is 1. The highest BCUT2D eigenvalue weighted by atomic mass is 16.6. The van der Waals surface area contributed by atoms with E-state index in [1.807, 2.05) is 0 Å². The second kappa shape index (κ2) is 8.13. The summed E-state index contributed by atoms with van der Waals surface area (Å²) in [5, 5.41) is 15.1. The number of benzene rings is 1. The van der Waals surface area contributed by atoms with Crippen molar-refractivity contribution < 1.29 is 14.5 Å². The van der Waals surface area contributed by atoms with Gasteiger partial charge in [0.1, 0.15) is 5.69 Å². The Balaban J connectivity index is 1.60. The third kappa shape index (κ3) is 3.87. The summed E-state index contributed by atoms with van der Waals surface area (Å²) in [4.78, 5) is 38.3. The van der Waals surface area contributed by atoms with Crippen molar-refractivity contribution >= 4 is 28.9 Å². The molecule has 0 radical (unpaired) electrons. The first kappa shape index (κ1) is 19.9. The molecule has 2 amide bonds. The molecular weight excluding hydrogens is 370 g/mol. The van der Waals surface area contributed by atoms with Gasteiger partial charge in [0, 0.05) is 12.1 Å². The molecule has 1 aliphatic heterocycles. The molecule has 7 nitrogen and oxygen atoms in total. The van der Waals surface area contributed by atoms with E-state index >= 15 is 0 Å². The van der Waals surface area contributed by atoms with Gasteiger partial charge in [0.05, 0.1) is 22.4 Å². The minimum atomic E-state index is -0.428. The van der Waals surface area contributed by atoms with Crippen molar-refractivity contribution in [1.82, 2.24) is 0 Å². The summed E-state index contributed by atoms with van der Waals surface area (Å²) in [6.07, 6.45) is 9.05. The molecule has 2 aliphatic carbocycles. The lowest BCUT2D eigenvalue weighted by atomic mass is 9.76. The van der Waals surface area contributed by atoms with E-state index in [0.29, 0.717) is 17.3 Å². The first-order valence-electron chi connectivity index (χ1n) is 10.9. The van der Waals surface area contributed by atoms with Crippen molar-refractivity contribution in [3.05, 3.63) is 28.3 Å². The Kier molecular flexibility index (Phi) is 5.56. The zero-order valence-electron chi connectivity index (χ0n) is 16.9. The maximum Gasteiger partial charge on any atom is 0.294 e. The minimum absolute atomic E-state index is 0.0735. The number of hydrogen-bond acceptors (Lipinski definition) is 5. The molecule has 3 atom stereocenters. The molecule has 1 heterocycles. The van der Waals surface area contributed by atoms with Gasteiger partial charge in [-0.15, -0.1) is 0 Å². The number of carbonyl (C=O) groups excluding carboxylic acids is 2. The smallest absolute Gasteiger partial charge is 0.294 e. The van der Waals surface area contributed by atoms with Crippen LogP contribution in [0, 0.1) is 27.9 Å². The standard InChI is InChI=1S/C22H29N3O4/c1-14-8-10-17-18(12-14)22(27)24(21(17)26)16-9-11-19(20(13-16)25(28)29)23-15-6-4-2-3-5-7-15/h9,11,13-15,17-18,23H,2-8,10,12H2,1H3/t14-,17-,18-/m1/s1. The number of nitro benzene ring substituents is 1. The molecule has 29 heavy (non-hydrogen) atoms. The van der Waals surface area contributed by atoms with E-state index in [4.69, 9.17) is 0 Å². The summed E-state index contributed by atoms with van der Waals surface area (Å²) < 4.78 is 0. The normalized spacial score (nSPS) is 28.2. The van der Waals surface area contributed by atoms with Gasteiger partial charge in [0.15, 0.2) is 0 Å². The summed E-state index contributed by atoms with van der Waals surface area (Å²) in [5.41, 5.74) is 0.714. The molecule has 1 saturated heterocycles. The average Bonchev–Trinajstić information content (AvgIpc) is 2.86. The summed E-state index contributed by atoms with van der Waals surface area (Å²) in [5.74, 6) is -0.542. The van der Waals surface area contributed by atoms with Crippen LogP contribution < -0.4 is 10.2 Å². The Labute approximate surface area is 171 Å². The van der Waals surface area contributed by atoms with Crippen LogP contribution in [0.1, 0.15) is 64.7 Å². The Bertz CT molecular complexity index is 816.